The van der Waals surface area contributed by atoms with Crippen LogP contribution in [0, 0.1) is 0 Å². The summed E-state index contributed by atoms with van der Waals surface area (Å²) in [5.74, 6) is -4.80. The first-order valence-corrected chi connectivity index (χ1v) is 24.1. The predicted molar refractivity (Wildman–Crippen MR) is 263 cm³/mol. The molecule has 10 atom stereocenters. The van der Waals surface area contributed by atoms with Gasteiger partial charge in [0.05, 0.1) is 43.9 Å². The molecule has 2 heterocycles. The quantitative estimate of drug-likeness (QED) is 0.0597. The molecule has 0 unspecified atom stereocenters. The Balaban J connectivity index is 1.26. The Morgan fingerprint density at radius 1 is 0.356 bits per heavy atom. The molecule has 0 saturated carbocycles. The van der Waals surface area contributed by atoms with Crippen molar-refractivity contribution >= 4 is 47.6 Å². The molecule has 0 aliphatic carbocycles. The van der Waals surface area contributed by atoms with Gasteiger partial charge in [-0.1, -0.05) is 109 Å². The van der Waals surface area contributed by atoms with Crippen molar-refractivity contribution in [1.29, 1.82) is 0 Å². The van der Waals surface area contributed by atoms with E-state index in [0.29, 0.717) is 0 Å². The van der Waals surface area contributed by atoms with Crippen molar-refractivity contribution in [2.45, 2.75) is 59.7 Å². The highest BCUT2D eigenvalue weighted by molar-refractivity contribution is 8.00. The lowest BCUT2D eigenvalue weighted by Crippen LogP contribution is -2.64. The number of hydrogen-bond donors (Lipinski definition) is 0. The average Bonchev–Trinajstić information content (AvgIpc) is 3.44. The van der Waals surface area contributed by atoms with Crippen LogP contribution in [0.3, 0.4) is 0 Å². The van der Waals surface area contributed by atoms with E-state index < -0.39 is 109 Å². The Morgan fingerprint density at radius 2 is 0.589 bits per heavy atom. The number of esters is 6. The van der Waals surface area contributed by atoms with Gasteiger partial charge in [-0.15, -0.1) is 11.8 Å². The summed E-state index contributed by atoms with van der Waals surface area (Å²) >= 11 is 0.941. The lowest BCUT2D eigenvalue weighted by Gasteiger charge is -2.49. The zero-order valence-electron chi connectivity index (χ0n) is 39.4. The number of rotatable bonds is 18. The number of benzene rings is 6. The molecule has 0 aromatic heterocycles. The minimum atomic E-state index is -1.54. The molecule has 0 amide bonds. The molecule has 376 valence electrons. The van der Waals surface area contributed by atoms with E-state index in [9.17, 15) is 28.8 Å². The molecule has 73 heavy (non-hydrogen) atoms. The predicted octanol–water partition coefficient (Wildman–Crippen LogP) is 7.82. The third-order valence-electron chi connectivity index (χ3n) is 11.7. The molecular formula is C56H50O16S. The van der Waals surface area contributed by atoms with Gasteiger partial charge >= 0.3 is 35.8 Å². The first-order chi connectivity index (χ1) is 35.6. The van der Waals surface area contributed by atoms with E-state index in [4.69, 9.17) is 47.4 Å². The van der Waals surface area contributed by atoms with Crippen LogP contribution in [0.15, 0.2) is 182 Å². The number of thioether (sulfide) groups is 1. The molecule has 0 radical (unpaired) electrons. The van der Waals surface area contributed by atoms with Crippen LogP contribution in [-0.2, 0) is 47.4 Å². The van der Waals surface area contributed by atoms with Crippen molar-refractivity contribution in [3.05, 3.63) is 215 Å². The third kappa shape index (κ3) is 13.1. The standard InChI is InChI=1S/C56H50O16S/c1-63-55-45(71-53(61)39-29-17-7-18-30-39)43(69-51(59)37-25-13-5-14-26-37)47(41(67-55)33-65-49(57)35-21-9-3-10-22-35)73-48-42(34-66-50(58)36-23-11-4-12-24-36)68-56(64-2)46(72-54(62)40-31-19-8-20-32-40)44(48)70-52(60)38-27-15-6-16-28-38/h3-32,41-48,55-56H,33-34H2,1-2H3/t41-,42-,43-,44-,45-,46-,47-,48-,55-,56-/m1/s1. The van der Waals surface area contributed by atoms with Crippen molar-refractivity contribution in [3.8, 4) is 0 Å². The van der Waals surface area contributed by atoms with E-state index in [1.54, 1.807) is 133 Å². The normalized spacial score (nSPS) is 23.4. The molecule has 2 saturated heterocycles. The van der Waals surface area contributed by atoms with Gasteiger partial charge in [0.15, 0.2) is 37.0 Å². The summed E-state index contributed by atoms with van der Waals surface area (Å²) < 4.78 is 61.9. The fourth-order valence-corrected chi connectivity index (χ4v) is 9.86. The number of hydrogen-bond acceptors (Lipinski definition) is 17. The molecule has 0 bridgehead atoms. The largest absolute Gasteiger partial charge is 0.459 e. The highest BCUT2D eigenvalue weighted by atomic mass is 32.2. The Bertz CT molecular complexity index is 2580. The summed E-state index contributed by atoms with van der Waals surface area (Å²) in [6, 6.07) is 48.6. The third-order valence-corrected chi connectivity index (χ3v) is 13.5. The second-order valence-corrected chi connectivity index (χ2v) is 17.9. The number of methoxy groups -OCH3 is 2. The van der Waals surface area contributed by atoms with E-state index >= 15 is 0 Å². The summed E-state index contributed by atoms with van der Waals surface area (Å²) in [6.45, 7) is -1.01. The molecule has 0 N–H and O–H groups in total. The van der Waals surface area contributed by atoms with Crippen LogP contribution in [0.4, 0.5) is 0 Å². The first-order valence-electron chi connectivity index (χ1n) is 23.1. The maximum Gasteiger partial charge on any atom is 0.338 e. The summed E-state index contributed by atoms with van der Waals surface area (Å²) in [7, 11) is 2.60. The van der Waals surface area contributed by atoms with Gasteiger partial charge in [0.2, 0.25) is 0 Å². The molecular weight excluding hydrogens is 961 g/mol. The van der Waals surface area contributed by atoms with E-state index in [1.807, 2.05) is 0 Å². The topological polar surface area (TPSA) is 195 Å². The maximum atomic E-state index is 14.4. The van der Waals surface area contributed by atoms with Crippen LogP contribution in [-0.4, -0.2) is 123 Å². The van der Waals surface area contributed by atoms with Crippen molar-refractivity contribution < 1.29 is 76.1 Å². The fourth-order valence-electron chi connectivity index (χ4n) is 8.13. The zero-order chi connectivity index (χ0) is 51.1. The number of carbonyl (C=O) groups excluding carboxylic acids is 6. The van der Waals surface area contributed by atoms with E-state index in [-0.39, 0.29) is 33.4 Å². The van der Waals surface area contributed by atoms with E-state index in [2.05, 4.69) is 0 Å². The van der Waals surface area contributed by atoms with Gasteiger partial charge < -0.3 is 47.4 Å². The Kier molecular flexibility index (Phi) is 17.8. The van der Waals surface area contributed by atoms with Crippen LogP contribution < -0.4 is 0 Å². The lowest BCUT2D eigenvalue weighted by atomic mass is 10.00. The van der Waals surface area contributed by atoms with Crippen LogP contribution in [0.5, 0.6) is 0 Å². The van der Waals surface area contributed by atoms with Gasteiger partial charge in [-0.25, -0.2) is 28.8 Å². The molecule has 16 nitrogen and oxygen atoms in total. The van der Waals surface area contributed by atoms with Crippen molar-refractivity contribution in [1.82, 2.24) is 0 Å². The van der Waals surface area contributed by atoms with Crippen LogP contribution in [0.2, 0.25) is 0 Å². The highest BCUT2D eigenvalue weighted by Crippen LogP contribution is 2.43. The SMILES string of the molecule is CO[C@@H]1O[C@H](COC(=O)c2ccccc2)[C@@H](S[C@H]2[C@H](OC(=O)c3ccccc3)[C@@H](OC(=O)c3ccccc3)[C@H](OC)O[C@@H]2COC(=O)c2ccccc2)[C@H](OC(=O)c2ccccc2)[C@H]1OC(=O)c1ccccc1. The molecule has 17 heteroatoms. The second kappa shape index (κ2) is 25.1. The van der Waals surface area contributed by atoms with Crippen molar-refractivity contribution in [3.63, 3.8) is 0 Å². The number of carbonyl (C=O) groups is 6. The van der Waals surface area contributed by atoms with Crippen molar-refractivity contribution in [2.75, 3.05) is 27.4 Å². The highest BCUT2D eigenvalue weighted by Gasteiger charge is 2.57. The average molecular weight is 1010 g/mol. The Morgan fingerprint density at radius 3 is 0.836 bits per heavy atom. The Hall–Kier alpha value is -7.67. The van der Waals surface area contributed by atoms with Crippen LogP contribution in [0.1, 0.15) is 62.1 Å². The van der Waals surface area contributed by atoms with Gasteiger partial charge in [0.25, 0.3) is 0 Å². The van der Waals surface area contributed by atoms with Gasteiger partial charge in [-0.05, 0) is 72.8 Å². The zero-order valence-corrected chi connectivity index (χ0v) is 40.3. The van der Waals surface area contributed by atoms with Gasteiger partial charge in [-0.3, -0.25) is 0 Å². The van der Waals surface area contributed by atoms with Crippen LogP contribution >= 0.6 is 11.8 Å². The minimum Gasteiger partial charge on any atom is -0.459 e. The smallest absolute Gasteiger partial charge is 0.338 e. The second-order valence-electron chi connectivity index (χ2n) is 16.5. The molecule has 2 aliphatic heterocycles. The monoisotopic (exact) mass is 1010 g/mol. The molecule has 8 rings (SSSR count). The van der Waals surface area contributed by atoms with E-state index in [0.717, 1.165) is 11.8 Å². The lowest BCUT2D eigenvalue weighted by molar-refractivity contribution is -0.262. The van der Waals surface area contributed by atoms with Gasteiger partial charge in [0, 0.05) is 14.2 Å². The van der Waals surface area contributed by atoms with Gasteiger partial charge in [-0.2, -0.15) is 0 Å². The minimum absolute atomic E-state index is 0.129. The summed E-state index contributed by atoms with van der Waals surface area (Å²) in [6.07, 6.45) is -11.6. The fraction of sp³-hybridized carbons (Fsp3) is 0.250. The van der Waals surface area contributed by atoms with Crippen LogP contribution in [0.25, 0.3) is 0 Å². The number of ether oxygens (including phenoxy) is 10. The first kappa shape index (κ1) is 51.7. The molecule has 6 aromatic carbocycles. The van der Waals surface area contributed by atoms with Gasteiger partial charge in [0.1, 0.15) is 25.4 Å². The Labute approximate surface area is 424 Å². The van der Waals surface area contributed by atoms with E-state index in [1.165, 1.54) is 62.8 Å². The summed E-state index contributed by atoms with van der Waals surface area (Å²) in [5.41, 5.74) is 0.991. The molecule has 2 aliphatic rings. The maximum absolute atomic E-state index is 14.4. The molecule has 2 fully saturated rings. The summed E-state index contributed by atoms with van der Waals surface area (Å²) in [4.78, 5) is 84.1. The molecule has 0 spiro atoms. The summed E-state index contributed by atoms with van der Waals surface area (Å²) in [5, 5.41) is -2.56. The molecule has 6 aromatic rings. The van der Waals surface area contributed by atoms with Crippen molar-refractivity contribution in [2.24, 2.45) is 0 Å².